The molecule has 0 aliphatic carbocycles. The van der Waals surface area contributed by atoms with Crippen molar-refractivity contribution < 1.29 is 14.3 Å². The molecule has 0 bridgehead atoms. The fraction of sp³-hybridized carbons (Fsp3) is 0.304. The Hall–Kier alpha value is -2.96. The number of methoxy groups -OCH3 is 1. The van der Waals surface area contributed by atoms with E-state index < -0.39 is 0 Å². The van der Waals surface area contributed by atoms with Crippen molar-refractivity contribution in [3.05, 3.63) is 65.2 Å². The van der Waals surface area contributed by atoms with Gasteiger partial charge in [0.15, 0.2) is 0 Å². The Labute approximate surface area is 171 Å². The molecule has 0 atom stereocenters. The highest BCUT2D eigenvalue weighted by Crippen LogP contribution is 2.27. The Morgan fingerprint density at radius 2 is 1.90 bits per heavy atom. The van der Waals surface area contributed by atoms with Gasteiger partial charge in [0.05, 0.1) is 37.3 Å². The zero-order valence-corrected chi connectivity index (χ0v) is 16.8. The van der Waals surface area contributed by atoms with E-state index in [9.17, 15) is 4.79 Å². The summed E-state index contributed by atoms with van der Waals surface area (Å²) in [6, 6.07) is 15.5. The highest BCUT2D eigenvalue weighted by molar-refractivity contribution is 6.32. The molecule has 6 heteroatoms. The van der Waals surface area contributed by atoms with Crippen molar-refractivity contribution in [1.82, 2.24) is 4.90 Å². The molecule has 0 N–H and O–H groups in total. The molecule has 29 heavy (non-hydrogen) atoms. The number of hydrogen-bond acceptors (Lipinski definition) is 5. The Kier molecular flexibility index (Phi) is 5.74. The topological polar surface area (TPSA) is 54.4 Å². The van der Waals surface area contributed by atoms with Crippen molar-refractivity contribution in [1.29, 1.82) is 0 Å². The van der Waals surface area contributed by atoms with E-state index in [1.165, 1.54) is 5.01 Å². The molecule has 150 valence electrons. The van der Waals surface area contributed by atoms with E-state index in [4.69, 9.17) is 9.47 Å². The minimum Gasteiger partial charge on any atom is -0.496 e. The zero-order chi connectivity index (χ0) is 20.2. The smallest absolute Gasteiger partial charge is 0.280 e. The number of amides is 1. The number of hydrogen-bond donors (Lipinski definition) is 0. The number of anilines is 1. The maximum atomic E-state index is 12.9. The number of hydrazone groups is 1. The van der Waals surface area contributed by atoms with Crippen LogP contribution in [-0.2, 0) is 16.1 Å². The number of benzene rings is 2. The largest absolute Gasteiger partial charge is 0.496 e. The average Bonchev–Trinajstić information content (AvgIpc) is 3.04. The minimum atomic E-state index is -0.112. The maximum absolute atomic E-state index is 12.9. The van der Waals surface area contributed by atoms with Gasteiger partial charge in [0.25, 0.3) is 5.91 Å². The van der Waals surface area contributed by atoms with Crippen molar-refractivity contribution in [2.45, 2.75) is 13.5 Å². The van der Waals surface area contributed by atoms with Crippen molar-refractivity contribution in [2.24, 2.45) is 5.10 Å². The van der Waals surface area contributed by atoms with Gasteiger partial charge in [-0.1, -0.05) is 24.3 Å². The SMILES string of the molecule is COc1ccc(C=C2C(=O)N(c3ccccc3)N=C2C)cc1CN1CCOCC1. The predicted octanol–water partition coefficient (Wildman–Crippen LogP) is 3.33. The van der Waals surface area contributed by atoms with E-state index in [1.54, 1.807) is 7.11 Å². The summed E-state index contributed by atoms with van der Waals surface area (Å²) >= 11 is 0. The lowest BCUT2D eigenvalue weighted by Gasteiger charge is -2.27. The number of morpholine rings is 1. The normalized spacial score (nSPS) is 19.0. The lowest BCUT2D eigenvalue weighted by Crippen LogP contribution is -2.35. The van der Waals surface area contributed by atoms with Crippen molar-refractivity contribution in [2.75, 3.05) is 38.4 Å². The summed E-state index contributed by atoms with van der Waals surface area (Å²) in [5, 5.41) is 5.91. The Morgan fingerprint density at radius 1 is 1.14 bits per heavy atom. The number of para-hydroxylation sites is 1. The summed E-state index contributed by atoms with van der Waals surface area (Å²) in [6.45, 7) is 5.98. The second-order valence-electron chi connectivity index (χ2n) is 7.16. The molecule has 0 unspecified atom stereocenters. The van der Waals surface area contributed by atoms with Crippen LogP contribution in [0.15, 0.2) is 59.2 Å². The van der Waals surface area contributed by atoms with Crippen molar-refractivity contribution in [3.8, 4) is 5.75 Å². The van der Waals surface area contributed by atoms with E-state index >= 15 is 0 Å². The number of carbonyl (C=O) groups excluding carboxylic acids is 1. The van der Waals surface area contributed by atoms with Crippen LogP contribution in [0.4, 0.5) is 5.69 Å². The summed E-state index contributed by atoms with van der Waals surface area (Å²) in [7, 11) is 1.69. The minimum absolute atomic E-state index is 0.112. The van der Waals surface area contributed by atoms with Gasteiger partial charge in [0, 0.05) is 25.2 Å². The molecule has 1 amide bonds. The van der Waals surface area contributed by atoms with Crippen LogP contribution < -0.4 is 9.75 Å². The molecule has 2 aliphatic heterocycles. The molecule has 0 aromatic heterocycles. The van der Waals surface area contributed by atoms with Crippen molar-refractivity contribution in [3.63, 3.8) is 0 Å². The van der Waals surface area contributed by atoms with Gasteiger partial charge in [-0.15, -0.1) is 0 Å². The highest BCUT2D eigenvalue weighted by atomic mass is 16.5. The number of nitrogens with zero attached hydrogens (tertiary/aromatic N) is 3. The Morgan fingerprint density at radius 3 is 2.62 bits per heavy atom. The monoisotopic (exact) mass is 391 g/mol. The molecular formula is C23H25N3O3. The molecule has 2 aromatic carbocycles. The third-order valence-corrected chi connectivity index (χ3v) is 5.18. The third-order valence-electron chi connectivity index (χ3n) is 5.18. The van der Waals surface area contributed by atoms with Crippen LogP contribution in [0.3, 0.4) is 0 Å². The first kappa shape index (κ1) is 19.4. The first-order valence-electron chi connectivity index (χ1n) is 9.79. The molecule has 2 heterocycles. The van der Waals surface area contributed by atoms with Crippen LogP contribution >= 0.6 is 0 Å². The summed E-state index contributed by atoms with van der Waals surface area (Å²) in [6.07, 6.45) is 1.91. The molecule has 1 fully saturated rings. The van der Waals surface area contributed by atoms with Gasteiger partial charge in [-0.05, 0) is 42.8 Å². The molecule has 1 saturated heterocycles. The number of carbonyl (C=O) groups is 1. The zero-order valence-electron chi connectivity index (χ0n) is 16.8. The van der Waals surface area contributed by atoms with Gasteiger partial charge < -0.3 is 9.47 Å². The third kappa shape index (κ3) is 4.23. The van der Waals surface area contributed by atoms with E-state index in [1.807, 2.05) is 55.5 Å². The van der Waals surface area contributed by atoms with E-state index in [0.717, 1.165) is 55.4 Å². The fourth-order valence-corrected chi connectivity index (χ4v) is 3.61. The van der Waals surface area contributed by atoms with Gasteiger partial charge in [-0.25, -0.2) is 0 Å². The molecule has 2 aromatic rings. The molecule has 6 nitrogen and oxygen atoms in total. The van der Waals surface area contributed by atoms with E-state index in [-0.39, 0.29) is 5.91 Å². The van der Waals surface area contributed by atoms with Gasteiger partial charge >= 0.3 is 0 Å². The molecule has 2 aliphatic rings. The quantitative estimate of drug-likeness (QED) is 0.734. The summed E-state index contributed by atoms with van der Waals surface area (Å²) < 4.78 is 11.0. The van der Waals surface area contributed by atoms with Gasteiger partial charge in [-0.2, -0.15) is 10.1 Å². The number of rotatable bonds is 5. The van der Waals surface area contributed by atoms with E-state index in [2.05, 4.69) is 16.1 Å². The Bertz CT molecular complexity index is 947. The van der Waals surface area contributed by atoms with Crippen LogP contribution in [0.5, 0.6) is 5.75 Å². The number of ether oxygens (including phenoxy) is 2. The molecule has 0 saturated carbocycles. The predicted molar refractivity (Wildman–Crippen MR) is 114 cm³/mol. The molecular weight excluding hydrogens is 366 g/mol. The molecule has 0 radical (unpaired) electrons. The van der Waals surface area contributed by atoms with Gasteiger partial charge in [-0.3, -0.25) is 9.69 Å². The fourth-order valence-electron chi connectivity index (χ4n) is 3.61. The summed E-state index contributed by atoms with van der Waals surface area (Å²) in [5.41, 5.74) is 4.15. The second-order valence-corrected chi connectivity index (χ2v) is 7.16. The second kappa shape index (κ2) is 8.59. The van der Waals surface area contributed by atoms with Crippen LogP contribution in [0, 0.1) is 0 Å². The summed E-state index contributed by atoms with van der Waals surface area (Å²) in [5.74, 6) is 0.743. The maximum Gasteiger partial charge on any atom is 0.280 e. The first-order chi connectivity index (χ1) is 14.2. The van der Waals surface area contributed by atoms with Crippen LogP contribution in [0.1, 0.15) is 18.1 Å². The van der Waals surface area contributed by atoms with Crippen LogP contribution in [0.25, 0.3) is 6.08 Å². The molecule has 4 rings (SSSR count). The highest BCUT2D eigenvalue weighted by Gasteiger charge is 2.28. The van der Waals surface area contributed by atoms with E-state index in [0.29, 0.717) is 11.3 Å². The van der Waals surface area contributed by atoms with Gasteiger partial charge in [0.2, 0.25) is 0 Å². The first-order valence-corrected chi connectivity index (χ1v) is 9.79. The molecule has 0 spiro atoms. The lowest BCUT2D eigenvalue weighted by atomic mass is 10.0. The van der Waals surface area contributed by atoms with Gasteiger partial charge in [0.1, 0.15) is 5.75 Å². The standard InChI is InChI=1S/C23H25N3O3/c1-17-21(23(27)26(24-17)20-6-4-3-5-7-20)15-18-8-9-22(28-2)19(14-18)16-25-10-12-29-13-11-25/h3-9,14-15H,10-13,16H2,1-2H3. The Balaban J connectivity index is 1.59. The average molecular weight is 391 g/mol. The van der Waals surface area contributed by atoms with Crippen LogP contribution in [0.2, 0.25) is 0 Å². The lowest BCUT2D eigenvalue weighted by molar-refractivity contribution is -0.114. The van der Waals surface area contributed by atoms with Crippen molar-refractivity contribution >= 4 is 23.4 Å². The van der Waals surface area contributed by atoms with Crippen LogP contribution in [-0.4, -0.2) is 49.9 Å². The summed E-state index contributed by atoms with van der Waals surface area (Å²) in [4.78, 5) is 15.3.